The largest absolute Gasteiger partial charge is 0.366 e. The van der Waals surface area contributed by atoms with E-state index in [1.807, 2.05) is 0 Å². The Morgan fingerprint density at radius 3 is 2.29 bits per heavy atom. The first-order chi connectivity index (χ1) is 14.6. The number of benzene rings is 3. The fourth-order valence-electron chi connectivity index (χ4n) is 2.90. The number of aryl methyl sites for hydroxylation is 2. The molecular weight excluding hydrogens is 421 g/mol. The molecule has 0 bridgehead atoms. The van der Waals surface area contributed by atoms with Crippen molar-refractivity contribution in [2.75, 3.05) is 10.0 Å². The van der Waals surface area contributed by atoms with Crippen molar-refractivity contribution in [1.82, 2.24) is 0 Å². The standard InChI is InChI=1S/C22H20FN3O4S/c1-13-6-8-18(12-20(13)23)31(29,30)26-17-5-3-4-15(11-17)22(28)25-16-7-9-19(21(24)27)14(2)10-16/h3-12,26H,1-2H3,(H2,24,27)(H,25,28). The molecule has 0 atom stereocenters. The van der Waals surface area contributed by atoms with Crippen molar-refractivity contribution in [3.63, 3.8) is 0 Å². The zero-order valence-electron chi connectivity index (χ0n) is 16.8. The Morgan fingerprint density at radius 2 is 1.65 bits per heavy atom. The molecule has 0 aliphatic heterocycles. The minimum Gasteiger partial charge on any atom is -0.366 e. The Morgan fingerprint density at radius 1 is 0.903 bits per heavy atom. The fourth-order valence-corrected chi connectivity index (χ4v) is 3.96. The van der Waals surface area contributed by atoms with Crippen LogP contribution in [0.1, 0.15) is 31.8 Å². The van der Waals surface area contributed by atoms with Crippen molar-refractivity contribution in [3.8, 4) is 0 Å². The van der Waals surface area contributed by atoms with Gasteiger partial charge < -0.3 is 11.1 Å². The van der Waals surface area contributed by atoms with E-state index in [4.69, 9.17) is 5.73 Å². The lowest BCUT2D eigenvalue weighted by atomic mass is 10.1. The van der Waals surface area contributed by atoms with Crippen LogP contribution in [0, 0.1) is 19.7 Å². The maximum Gasteiger partial charge on any atom is 0.261 e. The summed E-state index contributed by atoms with van der Waals surface area (Å²) >= 11 is 0. The highest BCUT2D eigenvalue weighted by atomic mass is 32.2. The summed E-state index contributed by atoms with van der Waals surface area (Å²) in [5.41, 5.74) is 7.37. The first kappa shape index (κ1) is 22.0. The van der Waals surface area contributed by atoms with Gasteiger partial charge in [0, 0.05) is 22.5 Å². The molecule has 31 heavy (non-hydrogen) atoms. The molecule has 0 aliphatic rings. The van der Waals surface area contributed by atoms with Gasteiger partial charge in [0.25, 0.3) is 15.9 Å². The Bertz CT molecular complexity index is 1290. The molecule has 0 unspecified atom stereocenters. The lowest BCUT2D eigenvalue weighted by Gasteiger charge is -2.11. The molecule has 0 spiro atoms. The highest BCUT2D eigenvalue weighted by Crippen LogP contribution is 2.21. The molecule has 7 nitrogen and oxygen atoms in total. The Kier molecular flexibility index (Phi) is 6.07. The highest BCUT2D eigenvalue weighted by Gasteiger charge is 2.17. The molecule has 9 heteroatoms. The van der Waals surface area contributed by atoms with E-state index < -0.39 is 27.7 Å². The van der Waals surface area contributed by atoms with Crippen molar-refractivity contribution in [3.05, 3.63) is 88.7 Å². The number of hydrogen-bond donors (Lipinski definition) is 3. The molecule has 2 amide bonds. The number of rotatable bonds is 6. The first-order valence-electron chi connectivity index (χ1n) is 9.17. The lowest BCUT2D eigenvalue weighted by molar-refractivity contribution is 0.0997. The number of carbonyl (C=O) groups is 2. The summed E-state index contributed by atoms with van der Waals surface area (Å²) in [6, 6.07) is 14.2. The van der Waals surface area contributed by atoms with Gasteiger partial charge in [0.05, 0.1) is 4.90 Å². The number of carbonyl (C=O) groups excluding carboxylic acids is 2. The van der Waals surface area contributed by atoms with Gasteiger partial charge in [0.2, 0.25) is 5.91 Å². The van der Waals surface area contributed by atoms with E-state index in [9.17, 15) is 22.4 Å². The molecule has 0 aliphatic carbocycles. The van der Waals surface area contributed by atoms with Gasteiger partial charge >= 0.3 is 0 Å². The van der Waals surface area contributed by atoms with E-state index in [1.165, 1.54) is 49.4 Å². The molecule has 0 radical (unpaired) electrons. The second-order valence-corrected chi connectivity index (χ2v) is 8.63. The SMILES string of the molecule is Cc1ccc(S(=O)(=O)Nc2cccc(C(=O)Nc3ccc(C(N)=O)c(C)c3)c2)cc1F. The summed E-state index contributed by atoms with van der Waals surface area (Å²) in [4.78, 5) is 23.7. The summed E-state index contributed by atoms with van der Waals surface area (Å²) in [6.07, 6.45) is 0. The monoisotopic (exact) mass is 441 g/mol. The third-order valence-corrected chi connectivity index (χ3v) is 5.96. The van der Waals surface area contributed by atoms with Gasteiger partial charge in [-0.25, -0.2) is 12.8 Å². The van der Waals surface area contributed by atoms with Crippen LogP contribution in [-0.2, 0) is 10.0 Å². The van der Waals surface area contributed by atoms with E-state index in [0.29, 0.717) is 22.4 Å². The van der Waals surface area contributed by atoms with Gasteiger partial charge in [-0.3, -0.25) is 14.3 Å². The van der Waals surface area contributed by atoms with E-state index >= 15 is 0 Å². The van der Waals surface area contributed by atoms with Crippen LogP contribution >= 0.6 is 0 Å². The van der Waals surface area contributed by atoms with Crippen LogP contribution < -0.4 is 15.8 Å². The van der Waals surface area contributed by atoms with Crippen LogP contribution in [0.25, 0.3) is 0 Å². The molecular formula is C22H20FN3O4S. The predicted molar refractivity (Wildman–Crippen MR) is 116 cm³/mol. The van der Waals surface area contributed by atoms with Crippen molar-refractivity contribution < 1.29 is 22.4 Å². The molecule has 160 valence electrons. The van der Waals surface area contributed by atoms with E-state index in [-0.39, 0.29) is 16.1 Å². The van der Waals surface area contributed by atoms with Gasteiger partial charge in [-0.1, -0.05) is 12.1 Å². The number of halogens is 1. The number of nitrogens with one attached hydrogen (secondary N) is 2. The van der Waals surface area contributed by atoms with Gasteiger partial charge in [-0.05, 0) is 73.5 Å². The molecule has 3 rings (SSSR count). The average molecular weight is 441 g/mol. The number of nitrogens with two attached hydrogens (primary N) is 1. The summed E-state index contributed by atoms with van der Waals surface area (Å²) in [5.74, 6) is -1.67. The Labute approximate surface area is 179 Å². The van der Waals surface area contributed by atoms with E-state index in [1.54, 1.807) is 19.1 Å². The quantitative estimate of drug-likeness (QED) is 0.542. The molecule has 0 aromatic heterocycles. The van der Waals surface area contributed by atoms with Gasteiger partial charge in [-0.2, -0.15) is 0 Å². The molecule has 3 aromatic carbocycles. The first-order valence-corrected chi connectivity index (χ1v) is 10.7. The number of amides is 2. The lowest BCUT2D eigenvalue weighted by Crippen LogP contribution is -2.16. The normalized spacial score (nSPS) is 11.1. The molecule has 0 heterocycles. The van der Waals surface area contributed by atoms with Crippen LogP contribution in [-0.4, -0.2) is 20.2 Å². The van der Waals surface area contributed by atoms with E-state index in [0.717, 1.165) is 6.07 Å². The van der Waals surface area contributed by atoms with Crippen LogP contribution in [0.2, 0.25) is 0 Å². The van der Waals surface area contributed by atoms with Gasteiger partial charge in [0.1, 0.15) is 5.82 Å². The zero-order chi connectivity index (χ0) is 22.8. The Hall–Kier alpha value is -3.72. The minimum absolute atomic E-state index is 0.147. The van der Waals surface area contributed by atoms with Crippen molar-refractivity contribution >= 4 is 33.2 Å². The maximum absolute atomic E-state index is 13.8. The number of hydrogen-bond acceptors (Lipinski definition) is 4. The third-order valence-electron chi connectivity index (χ3n) is 4.58. The number of primary amides is 1. The molecule has 3 aromatic rings. The topological polar surface area (TPSA) is 118 Å². The molecule has 0 saturated heterocycles. The maximum atomic E-state index is 13.8. The Balaban J connectivity index is 1.79. The zero-order valence-corrected chi connectivity index (χ0v) is 17.6. The van der Waals surface area contributed by atoms with Crippen molar-refractivity contribution in [1.29, 1.82) is 0 Å². The number of sulfonamides is 1. The van der Waals surface area contributed by atoms with Crippen molar-refractivity contribution in [2.24, 2.45) is 5.73 Å². The summed E-state index contributed by atoms with van der Waals surface area (Å²) in [6.45, 7) is 3.23. The fraction of sp³-hybridized carbons (Fsp3) is 0.0909. The molecule has 4 N–H and O–H groups in total. The molecule has 0 saturated carbocycles. The smallest absolute Gasteiger partial charge is 0.261 e. The van der Waals surface area contributed by atoms with Crippen LogP contribution in [0.5, 0.6) is 0 Å². The average Bonchev–Trinajstić information content (AvgIpc) is 2.69. The minimum atomic E-state index is -4.04. The second-order valence-electron chi connectivity index (χ2n) is 6.95. The van der Waals surface area contributed by atoms with Crippen LogP contribution in [0.3, 0.4) is 0 Å². The van der Waals surface area contributed by atoms with Crippen LogP contribution in [0.4, 0.5) is 15.8 Å². The van der Waals surface area contributed by atoms with Crippen molar-refractivity contribution in [2.45, 2.75) is 18.7 Å². The predicted octanol–water partition coefficient (Wildman–Crippen LogP) is 3.59. The second kappa shape index (κ2) is 8.57. The summed E-state index contributed by atoms with van der Waals surface area (Å²) in [7, 11) is -4.04. The molecule has 0 fully saturated rings. The van der Waals surface area contributed by atoms with E-state index in [2.05, 4.69) is 10.0 Å². The number of anilines is 2. The van der Waals surface area contributed by atoms with Gasteiger partial charge in [-0.15, -0.1) is 0 Å². The highest BCUT2D eigenvalue weighted by molar-refractivity contribution is 7.92. The van der Waals surface area contributed by atoms with Crippen LogP contribution in [0.15, 0.2) is 65.6 Å². The third kappa shape index (κ3) is 5.07. The summed E-state index contributed by atoms with van der Waals surface area (Å²) < 4.78 is 41.2. The van der Waals surface area contributed by atoms with Gasteiger partial charge in [0.15, 0.2) is 0 Å². The summed E-state index contributed by atoms with van der Waals surface area (Å²) in [5, 5.41) is 2.68.